The van der Waals surface area contributed by atoms with E-state index in [2.05, 4.69) is 42.5 Å². The van der Waals surface area contributed by atoms with Crippen molar-refractivity contribution in [3.63, 3.8) is 0 Å². The number of allylic oxidation sites excluding steroid dienone is 1. The maximum Gasteiger partial charge on any atom is 0.258 e. The van der Waals surface area contributed by atoms with Crippen LogP contribution in [0.4, 0.5) is 5.69 Å². The Morgan fingerprint density at radius 3 is 2.65 bits per heavy atom. The highest BCUT2D eigenvalue weighted by molar-refractivity contribution is 7.80. The third-order valence-corrected chi connectivity index (χ3v) is 7.22. The van der Waals surface area contributed by atoms with Gasteiger partial charge < -0.3 is 14.6 Å². The minimum Gasteiger partial charge on any atom is -0.497 e. The molecule has 0 bridgehead atoms. The number of hydrogen-bond donors (Lipinski definition) is 1. The molecule has 2 aromatic carbocycles. The van der Waals surface area contributed by atoms with Gasteiger partial charge in [0.15, 0.2) is 5.11 Å². The molecule has 6 nitrogen and oxygen atoms in total. The third kappa shape index (κ3) is 3.99. The first kappa shape index (κ1) is 22.3. The average molecular weight is 489 g/mol. The number of hydrogen-bond acceptors (Lipinski definition) is 6. The summed E-state index contributed by atoms with van der Waals surface area (Å²) >= 11 is 7.43. The van der Waals surface area contributed by atoms with Crippen LogP contribution in [0.15, 0.2) is 70.2 Å². The Kier molecular flexibility index (Phi) is 5.93. The van der Waals surface area contributed by atoms with Crippen molar-refractivity contribution in [1.82, 2.24) is 15.5 Å². The number of anilines is 1. The molecule has 0 radical (unpaired) electrons. The molecule has 5 rings (SSSR count). The lowest BCUT2D eigenvalue weighted by Crippen LogP contribution is -2.46. The highest BCUT2D eigenvalue weighted by Gasteiger charge is 2.35. The smallest absolute Gasteiger partial charge is 0.258 e. The predicted octanol–water partition coefficient (Wildman–Crippen LogP) is 6.29. The zero-order chi connectivity index (χ0) is 23.8. The van der Waals surface area contributed by atoms with Gasteiger partial charge in [0.1, 0.15) is 5.75 Å². The summed E-state index contributed by atoms with van der Waals surface area (Å²) in [6, 6.07) is 18.0. The van der Waals surface area contributed by atoms with Gasteiger partial charge in [0.05, 0.1) is 29.3 Å². The Balaban J connectivity index is 1.67. The van der Waals surface area contributed by atoms with Gasteiger partial charge >= 0.3 is 0 Å². The summed E-state index contributed by atoms with van der Waals surface area (Å²) in [6.45, 7) is 6.25. The van der Waals surface area contributed by atoms with Crippen molar-refractivity contribution in [3.05, 3.63) is 88.3 Å². The van der Waals surface area contributed by atoms with E-state index in [1.54, 1.807) is 18.4 Å². The second-order valence-corrected chi connectivity index (χ2v) is 9.50. The predicted molar refractivity (Wildman–Crippen MR) is 140 cm³/mol. The second kappa shape index (κ2) is 9.04. The molecule has 8 heteroatoms. The van der Waals surface area contributed by atoms with Gasteiger partial charge in [-0.05, 0) is 73.3 Å². The van der Waals surface area contributed by atoms with Gasteiger partial charge in [0, 0.05) is 11.8 Å². The number of nitrogens with zero attached hydrogens (tertiary/aromatic N) is 3. The van der Waals surface area contributed by atoms with Crippen molar-refractivity contribution in [2.45, 2.75) is 26.8 Å². The van der Waals surface area contributed by atoms with Crippen LogP contribution in [-0.4, -0.2) is 22.4 Å². The van der Waals surface area contributed by atoms with E-state index in [0.717, 1.165) is 33.1 Å². The first-order valence-electron chi connectivity index (χ1n) is 10.9. The van der Waals surface area contributed by atoms with Crippen molar-refractivity contribution in [1.29, 1.82) is 0 Å². The molecule has 1 aliphatic heterocycles. The molecule has 1 atom stereocenters. The fourth-order valence-corrected chi connectivity index (χ4v) is 5.12. The second-order valence-electron chi connectivity index (χ2n) is 8.16. The molecule has 0 amide bonds. The number of aryl methyl sites for hydroxylation is 2. The molecule has 0 saturated carbocycles. The Morgan fingerprint density at radius 2 is 1.91 bits per heavy atom. The summed E-state index contributed by atoms with van der Waals surface area (Å²) in [5, 5.41) is 10.4. The van der Waals surface area contributed by atoms with E-state index in [1.165, 1.54) is 11.1 Å². The Bertz CT molecular complexity index is 1390. The Labute approximate surface area is 207 Å². The molecule has 1 aliphatic rings. The number of thiophene rings is 1. The van der Waals surface area contributed by atoms with Crippen LogP contribution in [0, 0.1) is 13.8 Å². The van der Waals surface area contributed by atoms with Gasteiger partial charge in [-0.2, -0.15) is 4.98 Å². The van der Waals surface area contributed by atoms with E-state index in [-0.39, 0.29) is 6.04 Å². The molecule has 34 heavy (non-hydrogen) atoms. The van der Waals surface area contributed by atoms with Crippen LogP contribution >= 0.6 is 23.6 Å². The van der Waals surface area contributed by atoms with E-state index < -0.39 is 0 Å². The zero-order valence-corrected chi connectivity index (χ0v) is 21.0. The molecule has 3 heterocycles. The monoisotopic (exact) mass is 488 g/mol. The highest BCUT2D eigenvalue weighted by atomic mass is 32.1. The number of ether oxygens (including phenoxy) is 1. The number of rotatable bonds is 5. The van der Waals surface area contributed by atoms with Crippen LogP contribution in [0.1, 0.15) is 35.5 Å². The van der Waals surface area contributed by atoms with Crippen LogP contribution in [-0.2, 0) is 0 Å². The van der Waals surface area contributed by atoms with Crippen LogP contribution in [0.5, 0.6) is 5.75 Å². The van der Waals surface area contributed by atoms with Crippen molar-refractivity contribution in [2.24, 2.45) is 0 Å². The van der Waals surface area contributed by atoms with Gasteiger partial charge in [-0.1, -0.05) is 35.5 Å². The maximum atomic E-state index is 5.85. The van der Waals surface area contributed by atoms with Gasteiger partial charge in [-0.3, -0.25) is 4.90 Å². The molecule has 0 saturated heterocycles. The quantitative estimate of drug-likeness (QED) is 0.331. The van der Waals surface area contributed by atoms with Crippen molar-refractivity contribution in [2.75, 3.05) is 12.0 Å². The van der Waals surface area contributed by atoms with Gasteiger partial charge in [0.2, 0.25) is 5.82 Å². The first-order chi connectivity index (χ1) is 16.5. The van der Waals surface area contributed by atoms with Crippen LogP contribution in [0.2, 0.25) is 0 Å². The fourth-order valence-electron chi connectivity index (χ4n) is 4.11. The molecule has 0 spiro atoms. The topological polar surface area (TPSA) is 63.4 Å². The molecule has 2 aromatic heterocycles. The van der Waals surface area contributed by atoms with Crippen molar-refractivity contribution < 1.29 is 9.26 Å². The van der Waals surface area contributed by atoms with E-state index in [0.29, 0.717) is 16.8 Å². The molecule has 172 valence electrons. The molecule has 1 unspecified atom stereocenters. The number of aromatic nitrogens is 2. The lowest BCUT2D eigenvalue weighted by atomic mass is 9.92. The molecular weight excluding hydrogens is 464 g/mol. The Hall–Kier alpha value is -3.49. The van der Waals surface area contributed by atoms with Crippen LogP contribution in [0.25, 0.3) is 16.3 Å². The van der Waals surface area contributed by atoms with Gasteiger partial charge in [-0.25, -0.2) is 0 Å². The molecule has 4 aromatic rings. The summed E-state index contributed by atoms with van der Waals surface area (Å²) in [7, 11) is 1.65. The average Bonchev–Trinajstić information content (AvgIpc) is 3.53. The summed E-state index contributed by atoms with van der Waals surface area (Å²) < 4.78 is 11.3. The van der Waals surface area contributed by atoms with E-state index >= 15 is 0 Å². The Morgan fingerprint density at radius 1 is 1.06 bits per heavy atom. The lowest BCUT2D eigenvalue weighted by Gasteiger charge is -2.37. The summed E-state index contributed by atoms with van der Waals surface area (Å²) in [6.07, 6.45) is 0. The first-order valence-corrected chi connectivity index (χ1v) is 12.2. The highest BCUT2D eigenvalue weighted by Crippen LogP contribution is 2.40. The number of thiocarbonyl (C=S) groups is 1. The van der Waals surface area contributed by atoms with Gasteiger partial charge in [0.25, 0.3) is 5.89 Å². The van der Waals surface area contributed by atoms with Crippen LogP contribution in [0.3, 0.4) is 0 Å². The van der Waals surface area contributed by atoms with Gasteiger partial charge in [-0.15, -0.1) is 11.3 Å². The minimum absolute atomic E-state index is 0.231. The van der Waals surface area contributed by atoms with Crippen molar-refractivity contribution >= 4 is 39.9 Å². The van der Waals surface area contributed by atoms with E-state index in [9.17, 15) is 0 Å². The normalized spacial score (nSPS) is 16.1. The molecule has 0 fully saturated rings. The third-order valence-electron chi connectivity index (χ3n) is 6.06. The largest absolute Gasteiger partial charge is 0.497 e. The minimum atomic E-state index is -0.231. The van der Waals surface area contributed by atoms with E-state index in [1.807, 2.05) is 53.6 Å². The molecule has 1 N–H and O–H groups in total. The lowest BCUT2D eigenvalue weighted by molar-refractivity contribution is 0.404. The SMILES string of the molecule is COc1cccc(N2C(=S)NC(c3ccc(C)c(C)c3)C(c3nc(-c4cccs4)no3)=C2C)c1. The molecule has 0 aliphatic carbocycles. The standard InChI is InChI=1S/C26H24N4O2S2/c1-15-10-11-18(13-16(15)2)23-22(25-28-24(29-32-25)21-9-6-12-34-21)17(3)30(26(33)27-23)19-7-5-8-20(14-19)31-4/h5-14,23H,1-4H3,(H,27,33). The summed E-state index contributed by atoms with van der Waals surface area (Å²) in [5.41, 5.74) is 6.23. The number of methoxy groups -OCH3 is 1. The van der Waals surface area contributed by atoms with Crippen LogP contribution < -0.4 is 15.0 Å². The fraction of sp³-hybridized carbons (Fsp3) is 0.192. The number of benzene rings is 2. The summed E-state index contributed by atoms with van der Waals surface area (Å²) in [4.78, 5) is 7.71. The molecular formula is C26H24N4O2S2. The van der Waals surface area contributed by atoms with Crippen molar-refractivity contribution in [3.8, 4) is 16.5 Å². The zero-order valence-electron chi connectivity index (χ0n) is 19.3. The summed E-state index contributed by atoms with van der Waals surface area (Å²) in [5.74, 6) is 1.79. The number of nitrogens with one attached hydrogen (secondary N) is 1. The van der Waals surface area contributed by atoms with E-state index in [4.69, 9.17) is 26.5 Å². The maximum absolute atomic E-state index is 5.85.